The van der Waals surface area contributed by atoms with Gasteiger partial charge in [-0.25, -0.2) is 4.39 Å². The Hall–Kier alpha value is -0.330. The fourth-order valence-corrected chi connectivity index (χ4v) is 3.53. The first-order valence-electron chi connectivity index (χ1n) is 7.49. The van der Waals surface area contributed by atoms with Crippen molar-refractivity contribution in [2.24, 2.45) is 23.7 Å². The fourth-order valence-electron chi connectivity index (χ4n) is 3.53. The number of halogens is 1. The van der Waals surface area contributed by atoms with Crippen LogP contribution >= 0.6 is 0 Å². The van der Waals surface area contributed by atoms with Crippen molar-refractivity contribution in [3.05, 3.63) is 12.2 Å². The molecule has 2 aliphatic carbocycles. The number of hydrogen-bond acceptors (Lipinski definition) is 0. The van der Waals surface area contributed by atoms with E-state index in [0.717, 1.165) is 43.4 Å². The molecule has 2 fully saturated rings. The number of allylic oxidation sites excluding steroid dienone is 2. The van der Waals surface area contributed by atoms with Crippen LogP contribution in [0.25, 0.3) is 0 Å². The zero-order valence-electron chi connectivity index (χ0n) is 11.4. The molecule has 5 unspecified atom stereocenters. The van der Waals surface area contributed by atoms with Crippen LogP contribution in [0.4, 0.5) is 4.39 Å². The molecule has 2 rings (SSSR count). The van der Waals surface area contributed by atoms with Gasteiger partial charge in [-0.15, -0.1) is 0 Å². The average Bonchev–Trinajstić information content (AvgIpc) is 2.63. The second-order valence-electron chi connectivity index (χ2n) is 6.30. The van der Waals surface area contributed by atoms with Gasteiger partial charge in [-0.1, -0.05) is 38.8 Å². The van der Waals surface area contributed by atoms with Crippen LogP contribution in [0.1, 0.15) is 58.8 Å². The standard InChI is InChI=1S/C16H27F/c1-12-10-11-14(13(12)2)7-5-8-15-6-3-4-9-16(15)17/h5,7,12-16H,3-4,6,8-11H2,1-2H3/b7-5+. The van der Waals surface area contributed by atoms with Gasteiger partial charge < -0.3 is 0 Å². The third-order valence-corrected chi connectivity index (χ3v) is 5.17. The molecule has 0 spiro atoms. The normalized spacial score (nSPS) is 43.4. The largest absolute Gasteiger partial charge is 0.247 e. The van der Waals surface area contributed by atoms with E-state index in [1.165, 1.54) is 19.3 Å². The quantitative estimate of drug-likeness (QED) is 0.597. The zero-order chi connectivity index (χ0) is 12.3. The van der Waals surface area contributed by atoms with Gasteiger partial charge in [0.05, 0.1) is 0 Å². The SMILES string of the molecule is CC1CCC(/C=C/CC2CCCCC2F)C1C. The zero-order valence-corrected chi connectivity index (χ0v) is 11.4. The molecule has 98 valence electrons. The molecule has 5 atom stereocenters. The molecule has 0 nitrogen and oxygen atoms in total. The summed E-state index contributed by atoms with van der Waals surface area (Å²) < 4.78 is 13.7. The Kier molecular flexibility index (Phi) is 4.64. The van der Waals surface area contributed by atoms with Gasteiger partial charge in [-0.05, 0) is 55.8 Å². The monoisotopic (exact) mass is 238 g/mol. The van der Waals surface area contributed by atoms with Crippen molar-refractivity contribution in [2.75, 3.05) is 0 Å². The maximum atomic E-state index is 13.7. The molecule has 0 aliphatic heterocycles. The summed E-state index contributed by atoms with van der Waals surface area (Å²) in [7, 11) is 0. The number of rotatable bonds is 3. The summed E-state index contributed by atoms with van der Waals surface area (Å²) >= 11 is 0. The first-order valence-corrected chi connectivity index (χ1v) is 7.49. The lowest BCUT2D eigenvalue weighted by molar-refractivity contribution is 0.167. The van der Waals surface area contributed by atoms with Crippen LogP contribution in [0.5, 0.6) is 0 Å². The van der Waals surface area contributed by atoms with Crippen molar-refractivity contribution in [1.82, 2.24) is 0 Å². The van der Waals surface area contributed by atoms with Crippen molar-refractivity contribution < 1.29 is 4.39 Å². The van der Waals surface area contributed by atoms with E-state index in [4.69, 9.17) is 0 Å². The lowest BCUT2D eigenvalue weighted by Gasteiger charge is -2.24. The fraction of sp³-hybridized carbons (Fsp3) is 0.875. The molecule has 0 N–H and O–H groups in total. The highest BCUT2D eigenvalue weighted by Crippen LogP contribution is 2.37. The Balaban J connectivity index is 1.77. The van der Waals surface area contributed by atoms with Crippen LogP contribution in [0.15, 0.2) is 12.2 Å². The van der Waals surface area contributed by atoms with Crippen LogP contribution in [0.3, 0.4) is 0 Å². The topological polar surface area (TPSA) is 0 Å². The molecule has 17 heavy (non-hydrogen) atoms. The molecular formula is C16H27F. The molecule has 0 aromatic rings. The van der Waals surface area contributed by atoms with Crippen molar-refractivity contribution >= 4 is 0 Å². The van der Waals surface area contributed by atoms with E-state index in [1.54, 1.807) is 0 Å². The average molecular weight is 238 g/mol. The summed E-state index contributed by atoms with van der Waals surface area (Å²) in [4.78, 5) is 0. The summed E-state index contributed by atoms with van der Waals surface area (Å²) in [5.41, 5.74) is 0. The van der Waals surface area contributed by atoms with Crippen LogP contribution in [-0.4, -0.2) is 6.17 Å². The Morgan fingerprint density at radius 1 is 1.06 bits per heavy atom. The molecule has 0 aromatic carbocycles. The van der Waals surface area contributed by atoms with Gasteiger partial charge in [0, 0.05) is 0 Å². The maximum absolute atomic E-state index is 13.7. The maximum Gasteiger partial charge on any atom is 0.103 e. The van der Waals surface area contributed by atoms with E-state index in [-0.39, 0.29) is 0 Å². The van der Waals surface area contributed by atoms with Crippen molar-refractivity contribution in [2.45, 2.75) is 65.0 Å². The van der Waals surface area contributed by atoms with Crippen molar-refractivity contribution in [3.8, 4) is 0 Å². The lowest BCUT2D eigenvalue weighted by atomic mass is 9.84. The Morgan fingerprint density at radius 3 is 2.47 bits per heavy atom. The van der Waals surface area contributed by atoms with Gasteiger partial charge in [-0.3, -0.25) is 0 Å². The molecule has 2 saturated carbocycles. The first kappa shape index (κ1) is 13.1. The first-order chi connectivity index (χ1) is 8.18. The summed E-state index contributed by atoms with van der Waals surface area (Å²) in [5, 5.41) is 0. The number of alkyl halides is 1. The van der Waals surface area contributed by atoms with E-state index in [2.05, 4.69) is 26.0 Å². The smallest absolute Gasteiger partial charge is 0.103 e. The van der Waals surface area contributed by atoms with E-state index in [1.807, 2.05) is 0 Å². The summed E-state index contributed by atoms with van der Waals surface area (Å²) in [6.45, 7) is 4.72. The van der Waals surface area contributed by atoms with Gasteiger partial charge in [0.25, 0.3) is 0 Å². The highest BCUT2D eigenvalue weighted by Gasteiger charge is 2.28. The molecule has 0 bridgehead atoms. The van der Waals surface area contributed by atoms with Crippen molar-refractivity contribution in [1.29, 1.82) is 0 Å². The predicted octanol–water partition coefficient (Wildman–Crippen LogP) is 5.14. The van der Waals surface area contributed by atoms with E-state index in [0.29, 0.717) is 5.92 Å². The molecule has 0 amide bonds. The van der Waals surface area contributed by atoms with Gasteiger partial charge in [0.15, 0.2) is 0 Å². The minimum Gasteiger partial charge on any atom is -0.247 e. The van der Waals surface area contributed by atoms with Gasteiger partial charge >= 0.3 is 0 Å². The number of hydrogen-bond donors (Lipinski definition) is 0. The Bertz CT molecular complexity index is 258. The van der Waals surface area contributed by atoms with E-state index < -0.39 is 6.17 Å². The lowest BCUT2D eigenvalue weighted by Crippen LogP contribution is -2.19. The molecular weight excluding hydrogens is 211 g/mol. The van der Waals surface area contributed by atoms with Crippen molar-refractivity contribution in [3.63, 3.8) is 0 Å². The van der Waals surface area contributed by atoms with Crippen LogP contribution < -0.4 is 0 Å². The third-order valence-electron chi connectivity index (χ3n) is 5.17. The molecule has 2 aliphatic rings. The molecule has 0 radical (unpaired) electrons. The highest BCUT2D eigenvalue weighted by atomic mass is 19.1. The molecule has 0 heterocycles. The van der Waals surface area contributed by atoms with Crippen LogP contribution in [0.2, 0.25) is 0 Å². The van der Waals surface area contributed by atoms with Crippen LogP contribution in [-0.2, 0) is 0 Å². The third kappa shape index (κ3) is 3.33. The second-order valence-corrected chi connectivity index (χ2v) is 6.30. The Morgan fingerprint density at radius 2 is 1.82 bits per heavy atom. The molecule has 0 saturated heterocycles. The second kappa shape index (κ2) is 6.02. The van der Waals surface area contributed by atoms with Gasteiger partial charge in [-0.2, -0.15) is 0 Å². The van der Waals surface area contributed by atoms with E-state index >= 15 is 0 Å². The summed E-state index contributed by atoms with van der Waals surface area (Å²) in [6.07, 6.45) is 12.0. The van der Waals surface area contributed by atoms with E-state index in [9.17, 15) is 4.39 Å². The summed E-state index contributed by atoms with van der Waals surface area (Å²) in [6, 6.07) is 0. The minimum absolute atomic E-state index is 0.314. The Labute approximate surface area is 106 Å². The van der Waals surface area contributed by atoms with Gasteiger partial charge in [0.1, 0.15) is 6.17 Å². The van der Waals surface area contributed by atoms with Gasteiger partial charge in [0.2, 0.25) is 0 Å². The molecule has 0 aromatic heterocycles. The van der Waals surface area contributed by atoms with Crippen LogP contribution in [0, 0.1) is 23.7 Å². The highest BCUT2D eigenvalue weighted by molar-refractivity contribution is 4.97. The molecule has 1 heteroatoms. The summed E-state index contributed by atoms with van der Waals surface area (Å²) in [5.74, 6) is 2.76. The predicted molar refractivity (Wildman–Crippen MR) is 71.7 cm³/mol. The minimum atomic E-state index is -0.534.